The van der Waals surface area contributed by atoms with Gasteiger partial charge in [-0.15, -0.1) is 11.8 Å². The van der Waals surface area contributed by atoms with Crippen molar-refractivity contribution in [1.82, 2.24) is 5.32 Å². The van der Waals surface area contributed by atoms with E-state index in [2.05, 4.69) is 66.0 Å². The maximum Gasteiger partial charge on any atom is 0.0329 e. The fourth-order valence-corrected chi connectivity index (χ4v) is 2.38. The Morgan fingerprint density at radius 2 is 1.89 bits per heavy atom. The van der Waals surface area contributed by atoms with Gasteiger partial charge in [0.25, 0.3) is 0 Å². The van der Waals surface area contributed by atoms with Crippen LogP contribution in [0.25, 0.3) is 0 Å². The highest BCUT2D eigenvalue weighted by atomic mass is 79.9. The van der Waals surface area contributed by atoms with E-state index >= 15 is 0 Å². The van der Waals surface area contributed by atoms with Crippen molar-refractivity contribution in [2.24, 2.45) is 0 Å². The lowest BCUT2D eigenvalue weighted by Crippen LogP contribution is -2.21. The van der Waals surface area contributed by atoms with Crippen molar-refractivity contribution in [3.8, 4) is 11.8 Å². The van der Waals surface area contributed by atoms with E-state index in [0.29, 0.717) is 6.04 Å². The average molecular weight is 308 g/mol. The molecule has 0 bridgehead atoms. The molecule has 0 aromatic heterocycles. The molecule has 0 saturated heterocycles. The summed E-state index contributed by atoms with van der Waals surface area (Å²) in [5.41, 5.74) is 3.97. The van der Waals surface area contributed by atoms with Crippen molar-refractivity contribution < 1.29 is 0 Å². The molecule has 2 heteroatoms. The van der Waals surface area contributed by atoms with Gasteiger partial charge in [0.15, 0.2) is 0 Å². The van der Waals surface area contributed by atoms with Gasteiger partial charge in [-0.05, 0) is 50.4 Å². The highest BCUT2D eigenvalue weighted by molar-refractivity contribution is 9.10. The van der Waals surface area contributed by atoms with Crippen LogP contribution in [-0.2, 0) is 0 Å². The molecule has 0 aliphatic carbocycles. The van der Waals surface area contributed by atoms with Gasteiger partial charge in [0.05, 0.1) is 0 Å². The Morgan fingerprint density at radius 3 is 2.39 bits per heavy atom. The van der Waals surface area contributed by atoms with Crippen LogP contribution < -0.4 is 5.32 Å². The van der Waals surface area contributed by atoms with E-state index in [9.17, 15) is 0 Å². The van der Waals surface area contributed by atoms with E-state index in [4.69, 9.17) is 0 Å². The lowest BCUT2D eigenvalue weighted by molar-refractivity contribution is 0.522. The van der Waals surface area contributed by atoms with Crippen molar-refractivity contribution in [2.75, 3.05) is 6.54 Å². The molecule has 0 aliphatic heterocycles. The van der Waals surface area contributed by atoms with Crippen LogP contribution in [0.1, 0.15) is 49.4 Å². The average Bonchev–Trinajstić information content (AvgIpc) is 2.34. The third-order valence-electron chi connectivity index (χ3n) is 3.05. The molecule has 1 rings (SSSR count). The zero-order valence-corrected chi connectivity index (χ0v) is 13.3. The minimum absolute atomic E-state index is 0.404. The largest absolute Gasteiger partial charge is 0.310 e. The van der Waals surface area contributed by atoms with Gasteiger partial charge in [-0.25, -0.2) is 0 Å². The van der Waals surface area contributed by atoms with Gasteiger partial charge in [-0.2, -0.15) is 0 Å². The quantitative estimate of drug-likeness (QED) is 0.789. The van der Waals surface area contributed by atoms with Crippen LogP contribution in [0, 0.1) is 25.7 Å². The molecule has 1 aromatic carbocycles. The minimum atomic E-state index is 0.404. The van der Waals surface area contributed by atoms with Gasteiger partial charge in [-0.1, -0.05) is 35.0 Å². The van der Waals surface area contributed by atoms with Crippen molar-refractivity contribution in [3.63, 3.8) is 0 Å². The molecule has 1 aromatic rings. The Labute approximate surface area is 119 Å². The van der Waals surface area contributed by atoms with Crippen LogP contribution >= 0.6 is 15.9 Å². The number of nitrogens with one attached hydrogen (secondary N) is 1. The van der Waals surface area contributed by atoms with E-state index in [-0.39, 0.29) is 0 Å². The second-order valence-electron chi connectivity index (χ2n) is 4.54. The van der Waals surface area contributed by atoms with E-state index in [1.807, 2.05) is 6.92 Å². The van der Waals surface area contributed by atoms with Gasteiger partial charge in [-0.3, -0.25) is 0 Å². The molecule has 0 amide bonds. The van der Waals surface area contributed by atoms with Gasteiger partial charge < -0.3 is 5.32 Å². The lowest BCUT2D eigenvalue weighted by Gasteiger charge is -2.19. The first-order valence-corrected chi connectivity index (χ1v) is 7.29. The number of halogens is 1. The van der Waals surface area contributed by atoms with Gasteiger partial charge >= 0.3 is 0 Å². The number of hydrogen-bond acceptors (Lipinski definition) is 1. The maximum atomic E-state index is 3.62. The molecule has 1 unspecified atom stereocenters. The van der Waals surface area contributed by atoms with Crippen molar-refractivity contribution >= 4 is 15.9 Å². The van der Waals surface area contributed by atoms with Gasteiger partial charge in [0, 0.05) is 16.9 Å². The molecule has 0 aliphatic rings. The predicted octanol–water partition coefficient (Wildman–Crippen LogP) is 4.52. The first-order chi connectivity index (χ1) is 8.60. The maximum absolute atomic E-state index is 3.62. The number of aryl methyl sites for hydroxylation is 2. The normalized spacial score (nSPS) is 11.8. The summed E-state index contributed by atoms with van der Waals surface area (Å²) in [6.07, 6.45) is 2.01. The summed E-state index contributed by atoms with van der Waals surface area (Å²) in [5.74, 6) is 6.11. The Balaban J connectivity index is 2.93. The summed E-state index contributed by atoms with van der Waals surface area (Å²) < 4.78 is 1.22. The predicted molar refractivity (Wildman–Crippen MR) is 82.7 cm³/mol. The molecule has 0 radical (unpaired) electrons. The summed E-state index contributed by atoms with van der Waals surface area (Å²) in [7, 11) is 0. The Kier molecular flexibility index (Phi) is 6.46. The molecule has 0 heterocycles. The van der Waals surface area contributed by atoms with Crippen molar-refractivity contribution in [3.05, 3.63) is 33.3 Å². The fraction of sp³-hybridized carbons (Fsp3) is 0.500. The topological polar surface area (TPSA) is 12.0 Å². The first-order valence-electron chi connectivity index (χ1n) is 6.49. The fourth-order valence-electron chi connectivity index (χ4n) is 2.16. The minimum Gasteiger partial charge on any atom is -0.310 e. The zero-order chi connectivity index (χ0) is 13.5. The van der Waals surface area contributed by atoms with Crippen LogP contribution in [0.15, 0.2) is 16.6 Å². The number of rotatable bonds is 5. The molecule has 1 atom stereocenters. The summed E-state index contributed by atoms with van der Waals surface area (Å²) >= 11 is 3.62. The summed E-state index contributed by atoms with van der Waals surface area (Å²) in [5, 5.41) is 3.55. The second-order valence-corrected chi connectivity index (χ2v) is 5.34. The van der Waals surface area contributed by atoms with E-state index in [0.717, 1.165) is 19.4 Å². The number of hydrogen-bond donors (Lipinski definition) is 1. The molecule has 0 fully saturated rings. The molecule has 18 heavy (non-hydrogen) atoms. The molecular formula is C16H22BrN. The Morgan fingerprint density at radius 1 is 1.28 bits per heavy atom. The van der Waals surface area contributed by atoms with Crippen molar-refractivity contribution in [1.29, 1.82) is 0 Å². The van der Waals surface area contributed by atoms with Crippen LogP contribution in [-0.4, -0.2) is 6.54 Å². The SMILES string of the molecule is CC#CCCC(NCC)c1cc(C)c(Br)c(C)c1. The summed E-state index contributed by atoms with van der Waals surface area (Å²) in [6, 6.07) is 4.94. The van der Waals surface area contributed by atoms with Crippen LogP contribution in [0.3, 0.4) is 0 Å². The van der Waals surface area contributed by atoms with Crippen LogP contribution in [0.5, 0.6) is 0 Å². The van der Waals surface area contributed by atoms with Gasteiger partial charge in [0.2, 0.25) is 0 Å². The van der Waals surface area contributed by atoms with E-state index < -0.39 is 0 Å². The molecule has 0 saturated carbocycles. The van der Waals surface area contributed by atoms with Crippen LogP contribution in [0.4, 0.5) is 0 Å². The van der Waals surface area contributed by atoms with Crippen molar-refractivity contribution in [2.45, 2.75) is 46.6 Å². The highest BCUT2D eigenvalue weighted by Gasteiger charge is 2.12. The lowest BCUT2D eigenvalue weighted by atomic mass is 9.98. The van der Waals surface area contributed by atoms with Gasteiger partial charge in [0.1, 0.15) is 0 Å². The Hall–Kier alpha value is -0.780. The van der Waals surface area contributed by atoms with Crippen LogP contribution in [0.2, 0.25) is 0 Å². The van der Waals surface area contributed by atoms with E-state index in [1.165, 1.54) is 21.2 Å². The third-order valence-corrected chi connectivity index (χ3v) is 4.30. The zero-order valence-electron chi connectivity index (χ0n) is 11.7. The molecule has 0 spiro atoms. The molecule has 1 N–H and O–H groups in total. The molecule has 1 nitrogen and oxygen atoms in total. The monoisotopic (exact) mass is 307 g/mol. The molecular weight excluding hydrogens is 286 g/mol. The summed E-state index contributed by atoms with van der Waals surface area (Å²) in [4.78, 5) is 0. The Bertz CT molecular complexity index is 431. The highest BCUT2D eigenvalue weighted by Crippen LogP contribution is 2.27. The van der Waals surface area contributed by atoms with E-state index in [1.54, 1.807) is 0 Å². The molecule has 98 valence electrons. The second kappa shape index (κ2) is 7.61. The first kappa shape index (κ1) is 15.3. The number of benzene rings is 1. The standard InChI is InChI=1S/C16H22BrN/c1-5-7-8-9-15(18-6-2)14-10-12(3)16(17)13(4)11-14/h10-11,15,18H,6,8-9H2,1-4H3. The smallest absolute Gasteiger partial charge is 0.0329 e. The summed E-state index contributed by atoms with van der Waals surface area (Å²) in [6.45, 7) is 9.33. The third kappa shape index (κ3) is 4.15.